The molecule has 0 fully saturated rings. The molecule has 2 atom stereocenters. The van der Waals surface area contributed by atoms with Gasteiger partial charge >= 0.3 is 0 Å². The highest BCUT2D eigenvalue weighted by molar-refractivity contribution is 6.00. The number of carbonyl (C=O) groups excluding carboxylic acids is 1. The maximum absolute atomic E-state index is 13.2. The summed E-state index contributed by atoms with van der Waals surface area (Å²) in [6.45, 7) is 0.287. The van der Waals surface area contributed by atoms with Gasteiger partial charge in [-0.05, 0) is 47.5 Å². The van der Waals surface area contributed by atoms with E-state index in [1.54, 1.807) is 36.6 Å². The predicted molar refractivity (Wildman–Crippen MR) is 121 cm³/mol. The van der Waals surface area contributed by atoms with Gasteiger partial charge < -0.3 is 19.6 Å². The lowest BCUT2D eigenvalue weighted by Crippen LogP contribution is -2.29. The van der Waals surface area contributed by atoms with Gasteiger partial charge in [0.05, 0.1) is 12.2 Å². The van der Waals surface area contributed by atoms with E-state index in [1.165, 1.54) is 12.1 Å². The van der Waals surface area contributed by atoms with E-state index in [4.69, 9.17) is 19.6 Å². The molecule has 2 N–H and O–H groups in total. The van der Waals surface area contributed by atoms with Crippen molar-refractivity contribution in [3.63, 3.8) is 0 Å². The molecule has 2 aromatic carbocycles. The lowest BCUT2D eigenvalue weighted by molar-refractivity contribution is -0.117. The summed E-state index contributed by atoms with van der Waals surface area (Å²) in [5, 5.41) is 9.79. The molecule has 0 amide bonds. The van der Waals surface area contributed by atoms with Gasteiger partial charge in [-0.25, -0.2) is 4.39 Å². The minimum atomic E-state index is -0.607. The van der Waals surface area contributed by atoms with Crippen LogP contribution in [-0.2, 0) is 16.1 Å². The van der Waals surface area contributed by atoms with Crippen LogP contribution in [0.25, 0.3) is 0 Å². The number of carbonyl (C=O) groups is 1. The molecule has 5 rings (SSSR count). The molecule has 0 saturated carbocycles. The van der Waals surface area contributed by atoms with Crippen LogP contribution in [0.15, 0.2) is 94.1 Å². The first-order chi connectivity index (χ1) is 16.5. The molecular formula is C27H21FN2O4. The summed E-state index contributed by atoms with van der Waals surface area (Å²) in [6.07, 6.45) is 2.31. The molecule has 6 nitrogen and oxygen atoms in total. The van der Waals surface area contributed by atoms with Crippen LogP contribution in [-0.4, -0.2) is 5.78 Å². The van der Waals surface area contributed by atoms with Crippen molar-refractivity contribution >= 4 is 5.78 Å². The predicted octanol–water partition coefficient (Wildman–Crippen LogP) is 5.21. The van der Waals surface area contributed by atoms with Crippen LogP contribution in [0.2, 0.25) is 0 Å². The molecule has 170 valence electrons. The Hall–Kier alpha value is -4.31. The summed E-state index contributed by atoms with van der Waals surface area (Å²) >= 11 is 0. The Bertz CT molecular complexity index is 1320. The first kappa shape index (κ1) is 21.5. The number of halogens is 1. The third-order valence-corrected chi connectivity index (χ3v) is 6.14. The van der Waals surface area contributed by atoms with Crippen molar-refractivity contribution in [3.05, 3.63) is 112 Å². The second-order valence-corrected chi connectivity index (χ2v) is 8.29. The number of furan rings is 1. The van der Waals surface area contributed by atoms with Crippen LogP contribution in [0.1, 0.15) is 41.6 Å². The summed E-state index contributed by atoms with van der Waals surface area (Å²) in [7, 11) is 0. The molecule has 34 heavy (non-hydrogen) atoms. The summed E-state index contributed by atoms with van der Waals surface area (Å²) in [5.74, 6) is 0.683. The minimum Gasteiger partial charge on any atom is -0.489 e. The molecule has 7 heteroatoms. The molecular weight excluding hydrogens is 435 g/mol. The van der Waals surface area contributed by atoms with Gasteiger partial charge in [0, 0.05) is 24.3 Å². The van der Waals surface area contributed by atoms with Crippen LogP contribution in [0, 0.1) is 17.1 Å². The zero-order chi connectivity index (χ0) is 23.7. The molecule has 1 aromatic heterocycles. The standard InChI is InChI=1S/C27H21FN2O4/c28-19-7-3-16(4-8-19)15-33-20-9-5-17(6-10-20)25-21(14-29)27(30)34-24-13-18(12-22(31)26(24)25)23-2-1-11-32-23/h1-11,18,25H,12-13,15,30H2/t18-,25-/m1/s1. The maximum atomic E-state index is 13.2. The van der Waals surface area contributed by atoms with Gasteiger partial charge in [-0.3, -0.25) is 4.79 Å². The number of nitrogens with two attached hydrogens (primary N) is 1. The third kappa shape index (κ3) is 4.06. The van der Waals surface area contributed by atoms with Gasteiger partial charge in [0.15, 0.2) is 5.78 Å². The zero-order valence-corrected chi connectivity index (χ0v) is 18.2. The Morgan fingerprint density at radius 3 is 2.53 bits per heavy atom. The van der Waals surface area contributed by atoms with Gasteiger partial charge in [0.25, 0.3) is 0 Å². The summed E-state index contributed by atoms with van der Waals surface area (Å²) in [5.41, 5.74) is 8.36. The topological polar surface area (TPSA) is 98.5 Å². The smallest absolute Gasteiger partial charge is 0.205 e. The Balaban J connectivity index is 1.41. The first-order valence-electron chi connectivity index (χ1n) is 10.9. The number of rotatable bonds is 5. The van der Waals surface area contributed by atoms with E-state index in [9.17, 15) is 14.4 Å². The van der Waals surface area contributed by atoms with E-state index in [0.717, 1.165) is 16.9 Å². The normalized spacial score (nSPS) is 19.9. The van der Waals surface area contributed by atoms with Crippen molar-refractivity contribution in [2.45, 2.75) is 31.3 Å². The van der Waals surface area contributed by atoms with Crippen molar-refractivity contribution < 1.29 is 23.1 Å². The van der Waals surface area contributed by atoms with Gasteiger partial charge in [-0.2, -0.15) is 5.26 Å². The number of Topliss-reactive ketones (excluding diaryl/α,β-unsaturated/α-hetero) is 1. The molecule has 2 aliphatic rings. The summed E-state index contributed by atoms with van der Waals surface area (Å²) in [6, 6.07) is 19.0. The van der Waals surface area contributed by atoms with Gasteiger partial charge in [-0.15, -0.1) is 0 Å². The Morgan fingerprint density at radius 1 is 1.09 bits per heavy atom. The monoisotopic (exact) mass is 456 g/mol. The highest BCUT2D eigenvalue weighted by Gasteiger charge is 2.41. The van der Waals surface area contributed by atoms with Crippen LogP contribution >= 0.6 is 0 Å². The second-order valence-electron chi connectivity index (χ2n) is 8.29. The fourth-order valence-electron chi connectivity index (χ4n) is 4.47. The van der Waals surface area contributed by atoms with E-state index in [-0.39, 0.29) is 42.0 Å². The van der Waals surface area contributed by atoms with E-state index >= 15 is 0 Å². The van der Waals surface area contributed by atoms with Crippen molar-refractivity contribution in [1.82, 2.24) is 0 Å². The molecule has 0 bridgehead atoms. The third-order valence-electron chi connectivity index (χ3n) is 6.14. The summed E-state index contributed by atoms with van der Waals surface area (Å²) < 4.78 is 30.1. The van der Waals surface area contributed by atoms with Crippen molar-refractivity contribution in [1.29, 1.82) is 5.26 Å². The number of hydrogen-bond donors (Lipinski definition) is 1. The lowest BCUT2D eigenvalue weighted by Gasteiger charge is -2.33. The second kappa shape index (κ2) is 8.91. The average Bonchev–Trinajstić information content (AvgIpc) is 3.38. The van der Waals surface area contributed by atoms with E-state index in [2.05, 4.69) is 6.07 Å². The Morgan fingerprint density at radius 2 is 1.85 bits per heavy atom. The van der Waals surface area contributed by atoms with Gasteiger partial charge in [0.2, 0.25) is 5.88 Å². The molecule has 3 aromatic rings. The van der Waals surface area contributed by atoms with Gasteiger partial charge in [0.1, 0.15) is 41.3 Å². The molecule has 2 heterocycles. The fourth-order valence-corrected chi connectivity index (χ4v) is 4.47. The van der Waals surface area contributed by atoms with E-state index in [1.807, 2.05) is 18.2 Å². The Kier molecular flexibility index (Phi) is 5.64. The highest BCUT2D eigenvalue weighted by atomic mass is 19.1. The van der Waals surface area contributed by atoms with Crippen molar-refractivity contribution in [2.75, 3.05) is 0 Å². The number of allylic oxidation sites excluding steroid dienone is 3. The number of ketones is 1. The molecule has 1 aliphatic heterocycles. The number of hydrogen-bond acceptors (Lipinski definition) is 6. The summed E-state index contributed by atoms with van der Waals surface area (Å²) in [4.78, 5) is 13.2. The molecule has 0 spiro atoms. The van der Waals surface area contributed by atoms with Crippen molar-refractivity contribution in [2.24, 2.45) is 5.73 Å². The Labute approximate surface area is 195 Å². The SMILES string of the molecule is N#CC1=C(N)OC2=C(C(=O)C[C@@H](c3ccco3)C2)[C@@H]1c1ccc(OCc2ccc(F)cc2)cc1. The van der Waals surface area contributed by atoms with Crippen LogP contribution in [0.5, 0.6) is 5.75 Å². The first-order valence-corrected chi connectivity index (χ1v) is 10.9. The molecule has 0 saturated heterocycles. The zero-order valence-electron chi connectivity index (χ0n) is 18.2. The number of nitriles is 1. The largest absolute Gasteiger partial charge is 0.489 e. The highest BCUT2D eigenvalue weighted by Crippen LogP contribution is 2.46. The van der Waals surface area contributed by atoms with E-state index in [0.29, 0.717) is 23.5 Å². The average molecular weight is 456 g/mol. The van der Waals surface area contributed by atoms with Crippen LogP contribution in [0.4, 0.5) is 4.39 Å². The lowest BCUT2D eigenvalue weighted by atomic mass is 9.74. The molecule has 1 aliphatic carbocycles. The fraction of sp³-hybridized carbons (Fsp3) is 0.185. The number of ether oxygens (including phenoxy) is 2. The molecule has 0 radical (unpaired) electrons. The van der Waals surface area contributed by atoms with Crippen LogP contribution < -0.4 is 10.5 Å². The number of nitrogens with zero attached hydrogens (tertiary/aromatic N) is 1. The van der Waals surface area contributed by atoms with E-state index < -0.39 is 5.92 Å². The minimum absolute atomic E-state index is 0.00998. The number of benzene rings is 2. The van der Waals surface area contributed by atoms with Gasteiger partial charge in [-0.1, -0.05) is 24.3 Å². The maximum Gasteiger partial charge on any atom is 0.205 e. The van der Waals surface area contributed by atoms with Crippen LogP contribution in [0.3, 0.4) is 0 Å². The quantitative estimate of drug-likeness (QED) is 0.566. The molecule has 0 unspecified atom stereocenters. The van der Waals surface area contributed by atoms with Crippen molar-refractivity contribution in [3.8, 4) is 11.8 Å².